The summed E-state index contributed by atoms with van der Waals surface area (Å²) in [5.41, 5.74) is 0. The van der Waals surface area contributed by atoms with Crippen LogP contribution >= 0.6 is 12.2 Å². The summed E-state index contributed by atoms with van der Waals surface area (Å²) in [5.74, 6) is 0. The van der Waals surface area contributed by atoms with Crippen molar-refractivity contribution in [2.75, 3.05) is 7.05 Å². The molecule has 0 atom stereocenters. The minimum Gasteiger partial charge on any atom is -0.302 e. The molecule has 15 heavy (non-hydrogen) atoms. The molecule has 0 bridgehead atoms. The van der Waals surface area contributed by atoms with Crippen LogP contribution in [0.1, 0.15) is 13.8 Å². The first-order valence-electron chi connectivity index (χ1n) is 4.61. The maximum Gasteiger partial charge on any atom is 0.189 e. The second-order valence-electron chi connectivity index (χ2n) is 2.02. The standard InChI is InChI=1S/C9H13N3S.C2H6/c1-5-11(6-2)9(13)12(7-3)8-10-4;1-2/h5-8H,1-3H2,4H3;1-2H3. The second kappa shape index (κ2) is 10.7. The van der Waals surface area contributed by atoms with Gasteiger partial charge in [-0.1, -0.05) is 33.6 Å². The summed E-state index contributed by atoms with van der Waals surface area (Å²) in [6.07, 6.45) is 6.26. The SMILES string of the molecule is C=CN(C=C)C(=S)N(C=C)C=NC.CC. The highest BCUT2D eigenvalue weighted by Gasteiger charge is 2.06. The van der Waals surface area contributed by atoms with E-state index in [0.29, 0.717) is 5.11 Å². The van der Waals surface area contributed by atoms with E-state index < -0.39 is 0 Å². The summed E-state index contributed by atoms with van der Waals surface area (Å²) >= 11 is 5.11. The molecule has 0 N–H and O–H groups in total. The maximum absolute atomic E-state index is 5.11. The zero-order chi connectivity index (χ0) is 12.3. The Balaban J connectivity index is 0. The van der Waals surface area contributed by atoms with Gasteiger partial charge in [-0.25, -0.2) is 0 Å². The third-order valence-corrected chi connectivity index (χ3v) is 1.69. The Hall–Kier alpha value is -1.42. The monoisotopic (exact) mass is 225 g/mol. The highest BCUT2D eigenvalue weighted by atomic mass is 32.1. The lowest BCUT2D eigenvalue weighted by atomic mass is 10.6. The van der Waals surface area contributed by atoms with Gasteiger partial charge in [-0.15, -0.1) is 0 Å². The number of aliphatic imine (C=N–C) groups is 1. The summed E-state index contributed by atoms with van der Waals surface area (Å²) in [6, 6.07) is 0. The zero-order valence-electron chi connectivity index (χ0n) is 9.68. The van der Waals surface area contributed by atoms with Crippen LogP contribution in [0.4, 0.5) is 0 Å². The second-order valence-corrected chi connectivity index (χ2v) is 2.38. The predicted molar refractivity (Wildman–Crippen MR) is 72.6 cm³/mol. The van der Waals surface area contributed by atoms with Crippen LogP contribution in [0.2, 0.25) is 0 Å². The molecule has 0 spiro atoms. The number of hydrogen-bond acceptors (Lipinski definition) is 2. The quantitative estimate of drug-likeness (QED) is 0.416. The first-order valence-corrected chi connectivity index (χ1v) is 5.02. The molecule has 0 aliphatic heterocycles. The molecule has 0 unspecified atom stereocenters. The van der Waals surface area contributed by atoms with Gasteiger partial charge in [0.25, 0.3) is 0 Å². The molecule has 0 saturated carbocycles. The van der Waals surface area contributed by atoms with E-state index in [0.717, 1.165) is 0 Å². The van der Waals surface area contributed by atoms with Gasteiger partial charge in [-0.2, -0.15) is 0 Å². The van der Waals surface area contributed by atoms with E-state index in [-0.39, 0.29) is 0 Å². The average molecular weight is 225 g/mol. The van der Waals surface area contributed by atoms with Gasteiger partial charge in [0, 0.05) is 25.6 Å². The van der Waals surface area contributed by atoms with E-state index in [1.54, 1.807) is 41.8 Å². The molecule has 0 aromatic rings. The average Bonchev–Trinajstić information content (AvgIpc) is 2.30. The Morgan fingerprint density at radius 3 is 1.73 bits per heavy atom. The third-order valence-electron chi connectivity index (χ3n) is 1.27. The van der Waals surface area contributed by atoms with Crippen LogP contribution in [-0.2, 0) is 0 Å². The van der Waals surface area contributed by atoms with Crippen molar-refractivity contribution >= 4 is 23.7 Å². The van der Waals surface area contributed by atoms with Crippen LogP contribution in [0, 0.1) is 0 Å². The summed E-state index contributed by atoms with van der Waals surface area (Å²) in [5, 5.41) is 0.505. The Bertz CT molecular complexity index is 238. The molecule has 4 heteroatoms. The minimum atomic E-state index is 0.505. The molecular weight excluding hydrogens is 206 g/mol. The predicted octanol–water partition coefficient (Wildman–Crippen LogP) is 2.99. The van der Waals surface area contributed by atoms with E-state index in [9.17, 15) is 0 Å². The number of nitrogens with zero attached hydrogens (tertiary/aromatic N) is 3. The fourth-order valence-corrected chi connectivity index (χ4v) is 0.934. The molecule has 3 nitrogen and oxygen atoms in total. The molecule has 0 aliphatic rings. The largest absolute Gasteiger partial charge is 0.302 e. The summed E-state index contributed by atoms with van der Waals surface area (Å²) < 4.78 is 0. The molecule has 0 aliphatic carbocycles. The molecule has 0 aromatic heterocycles. The van der Waals surface area contributed by atoms with Gasteiger partial charge in [0.15, 0.2) is 5.11 Å². The van der Waals surface area contributed by atoms with Crippen molar-refractivity contribution < 1.29 is 0 Å². The van der Waals surface area contributed by atoms with Crippen molar-refractivity contribution in [2.45, 2.75) is 13.8 Å². The molecule has 84 valence electrons. The summed E-state index contributed by atoms with van der Waals surface area (Å²) in [4.78, 5) is 7.02. The van der Waals surface area contributed by atoms with Gasteiger partial charge in [0.1, 0.15) is 0 Å². The van der Waals surface area contributed by atoms with Crippen molar-refractivity contribution in [3.8, 4) is 0 Å². The topological polar surface area (TPSA) is 18.8 Å². The summed E-state index contributed by atoms with van der Waals surface area (Å²) in [6.45, 7) is 14.8. The van der Waals surface area contributed by atoms with Crippen LogP contribution in [0.3, 0.4) is 0 Å². The van der Waals surface area contributed by atoms with Crippen molar-refractivity contribution in [3.05, 3.63) is 38.3 Å². The maximum atomic E-state index is 5.11. The molecule has 0 aromatic carbocycles. The Labute approximate surface area is 98.1 Å². The van der Waals surface area contributed by atoms with E-state index in [2.05, 4.69) is 24.7 Å². The molecule has 0 radical (unpaired) electrons. The van der Waals surface area contributed by atoms with Gasteiger partial charge in [0.05, 0.1) is 6.34 Å². The van der Waals surface area contributed by atoms with Crippen LogP contribution in [-0.4, -0.2) is 28.3 Å². The molecule has 0 fully saturated rings. The lowest BCUT2D eigenvalue weighted by Crippen LogP contribution is -2.32. The van der Waals surface area contributed by atoms with Crippen molar-refractivity contribution in [3.63, 3.8) is 0 Å². The summed E-state index contributed by atoms with van der Waals surface area (Å²) in [7, 11) is 1.66. The normalized spacial score (nSPS) is 8.47. The van der Waals surface area contributed by atoms with E-state index >= 15 is 0 Å². The van der Waals surface area contributed by atoms with Crippen molar-refractivity contribution in [1.29, 1.82) is 0 Å². The van der Waals surface area contributed by atoms with Gasteiger partial charge in [0.2, 0.25) is 0 Å². The van der Waals surface area contributed by atoms with Crippen LogP contribution in [0.5, 0.6) is 0 Å². The lowest BCUT2D eigenvalue weighted by molar-refractivity contribution is 0.673. The molecule has 0 rings (SSSR count). The van der Waals surface area contributed by atoms with Gasteiger partial charge in [-0.05, 0) is 12.2 Å². The smallest absolute Gasteiger partial charge is 0.189 e. The van der Waals surface area contributed by atoms with Gasteiger partial charge < -0.3 is 4.90 Å². The van der Waals surface area contributed by atoms with Crippen LogP contribution < -0.4 is 0 Å². The molecule has 0 amide bonds. The Kier molecular flexibility index (Phi) is 11.4. The first-order chi connectivity index (χ1) is 7.21. The first kappa shape index (κ1) is 16.0. The zero-order valence-corrected chi connectivity index (χ0v) is 10.5. The number of rotatable bonds is 4. The number of hydrogen-bond donors (Lipinski definition) is 0. The highest BCUT2D eigenvalue weighted by Crippen LogP contribution is 1.99. The van der Waals surface area contributed by atoms with Crippen molar-refractivity contribution in [1.82, 2.24) is 9.80 Å². The lowest BCUT2D eigenvalue weighted by Gasteiger charge is -2.22. The van der Waals surface area contributed by atoms with Crippen LogP contribution in [0.25, 0.3) is 0 Å². The Morgan fingerprint density at radius 2 is 1.47 bits per heavy atom. The van der Waals surface area contributed by atoms with E-state index in [1.807, 2.05) is 13.8 Å². The minimum absolute atomic E-state index is 0.505. The van der Waals surface area contributed by atoms with Gasteiger partial charge >= 0.3 is 0 Å². The van der Waals surface area contributed by atoms with Crippen LogP contribution in [0.15, 0.2) is 43.3 Å². The van der Waals surface area contributed by atoms with E-state index in [4.69, 9.17) is 12.2 Å². The molecular formula is C11H19N3S. The van der Waals surface area contributed by atoms with Crippen molar-refractivity contribution in [2.24, 2.45) is 4.99 Å². The van der Waals surface area contributed by atoms with Gasteiger partial charge in [-0.3, -0.25) is 9.89 Å². The molecule has 0 heterocycles. The Morgan fingerprint density at radius 1 is 1.07 bits per heavy atom. The number of thiocarbonyl (C=S) groups is 1. The third kappa shape index (κ3) is 5.80. The molecule has 0 saturated heterocycles. The van der Waals surface area contributed by atoms with E-state index in [1.165, 1.54) is 0 Å². The highest BCUT2D eigenvalue weighted by molar-refractivity contribution is 7.80. The fraction of sp³-hybridized carbons (Fsp3) is 0.273. The fourth-order valence-electron chi connectivity index (χ4n) is 0.663.